The summed E-state index contributed by atoms with van der Waals surface area (Å²) in [7, 11) is 0. The molecule has 1 N–H and O–H groups in total. The van der Waals surface area contributed by atoms with Gasteiger partial charge in [-0.15, -0.1) is 0 Å². The van der Waals surface area contributed by atoms with E-state index in [-0.39, 0.29) is 37.0 Å². The number of esters is 1. The van der Waals surface area contributed by atoms with Gasteiger partial charge in [-0.05, 0) is 56.9 Å². The van der Waals surface area contributed by atoms with E-state index in [1.54, 1.807) is 0 Å². The van der Waals surface area contributed by atoms with E-state index in [0.717, 1.165) is 16.9 Å². The zero-order valence-corrected chi connectivity index (χ0v) is 16.6. The van der Waals surface area contributed by atoms with Crippen LogP contribution in [0.3, 0.4) is 0 Å². The Bertz CT molecular complexity index is 667. The van der Waals surface area contributed by atoms with E-state index in [1.165, 1.54) is 0 Å². The summed E-state index contributed by atoms with van der Waals surface area (Å²) in [6.45, 7) is 7.86. The van der Waals surface area contributed by atoms with Gasteiger partial charge in [0.1, 0.15) is 24.8 Å². The van der Waals surface area contributed by atoms with Crippen LogP contribution in [0.25, 0.3) is 0 Å². The second kappa shape index (κ2) is 9.72. The van der Waals surface area contributed by atoms with E-state index < -0.39 is 0 Å². The molecule has 0 saturated carbocycles. The number of benzene rings is 1. The number of hydrogen-bond acceptors (Lipinski definition) is 5. The lowest BCUT2D eigenvalue weighted by molar-refractivity contribution is -0.146. The number of ether oxygens (including phenoxy) is 3. The van der Waals surface area contributed by atoms with Crippen molar-refractivity contribution in [2.75, 3.05) is 13.4 Å². The third-order valence-corrected chi connectivity index (χ3v) is 4.10. The maximum Gasteiger partial charge on any atom is 0.309 e. The van der Waals surface area contributed by atoms with Crippen LogP contribution in [0.1, 0.15) is 39.7 Å². The summed E-state index contributed by atoms with van der Waals surface area (Å²) >= 11 is 0. The summed E-state index contributed by atoms with van der Waals surface area (Å²) in [5.74, 6) is 0.382. The van der Waals surface area contributed by atoms with Gasteiger partial charge in [-0.25, -0.2) is 0 Å². The zero-order chi connectivity index (χ0) is 19.9. The molecule has 0 heterocycles. The summed E-state index contributed by atoms with van der Waals surface area (Å²) in [5.41, 5.74) is 1.78. The van der Waals surface area contributed by atoms with Gasteiger partial charge >= 0.3 is 5.97 Å². The Morgan fingerprint density at radius 1 is 1.26 bits per heavy atom. The lowest BCUT2D eigenvalue weighted by Crippen LogP contribution is -2.23. The standard InChI is InChI=1S/C22H30O5/c1-16(13-17-5-11-20(12-6-17)27-22(2,3)4)21(24)25-14-18-7-9-19(10-8-18)26-15-23/h5-9,11-12,16,19,23H,10,13-15H2,1-4H3. The van der Waals surface area contributed by atoms with Gasteiger partial charge in [-0.1, -0.05) is 37.3 Å². The Hall–Kier alpha value is -2.11. The van der Waals surface area contributed by atoms with Gasteiger partial charge in [0.2, 0.25) is 0 Å². The molecule has 1 aromatic carbocycles. The first-order valence-corrected chi connectivity index (χ1v) is 9.31. The molecule has 0 aromatic heterocycles. The molecule has 0 spiro atoms. The van der Waals surface area contributed by atoms with Crippen molar-refractivity contribution in [2.45, 2.75) is 52.2 Å². The summed E-state index contributed by atoms with van der Waals surface area (Å²) in [5, 5.41) is 8.75. The molecule has 0 bridgehead atoms. The Morgan fingerprint density at radius 2 is 1.96 bits per heavy atom. The maximum atomic E-state index is 12.3. The highest BCUT2D eigenvalue weighted by molar-refractivity contribution is 5.72. The molecule has 27 heavy (non-hydrogen) atoms. The van der Waals surface area contributed by atoms with Gasteiger partial charge in [0, 0.05) is 0 Å². The zero-order valence-electron chi connectivity index (χ0n) is 16.6. The molecule has 5 nitrogen and oxygen atoms in total. The first-order valence-electron chi connectivity index (χ1n) is 9.31. The summed E-state index contributed by atoms with van der Waals surface area (Å²) in [6, 6.07) is 7.83. The lowest BCUT2D eigenvalue weighted by Gasteiger charge is -2.21. The molecular formula is C22H30O5. The van der Waals surface area contributed by atoms with E-state index >= 15 is 0 Å². The highest BCUT2D eigenvalue weighted by Gasteiger charge is 2.17. The van der Waals surface area contributed by atoms with Crippen molar-refractivity contribution in [3.63, 3.8) is 0 Å². The summed E-state index contributed by atoms with van der Waals surface area (Å²) in [4.78, 5) is 12.3. The van der Waals surface area contributed by atoms with Crippen molar-refractivity contribution in [1.82, 2.24) is 0 Å². The molecular weight excluding hydrogens is 344 g/mol. The molecule has 0 amide bonds. The predicted octanol–water partition coefficient (Wildman–Crippen LogP) is 3.81. The molecule has 1 aromatic rings. The van der Waals surface area contributed by atoms with Crippen LogP contribution in [0.5, 0.6) is 5.75 Å². The van der Waals surface area contributed by atoms with Crippen LogP contribution < -0.4 is 4.74 Å². The predicted molar refractivity (Wildman–Crippen MR) is 104 cm³/mol. The van der Waals surface area contributed by atoms with Crippen LogP contribution >= 0.6 is 0 Å². The molecule has 1 aliphatic carbocycles. The smallest absolute Gasteiger partial charge is 0.309 e. The third-order valence-electron chi connectivity index (χ3n) is 4.10. The van der Waals surface area contributed by atoms with Crippen molar-refractivity contribution in [3.8, 4) is 5.75 Å². The Morgan fingerprint density at radius 3 is 2.52 bits per heavy atom. The summed E-state index contributed by atoms with van der Waals surface area (Å²) in [6.07, 6.45) is 6.88. The van der Waals surface area contributed by atoms with Crippen LogP contribution in [-0.2, 0) is 20.7 Å². The first-order chi connectivity index (χ1) is 12.8. The van der Waals surface area contributed by atoms with Gasteiger partial charge in [-0.3, -0.25) is 4.79 Å². The largest absolute Gasteiger partial charge is 0.488 e. The molecule has 0 radical (unpaired) electrons. The van der Waals surface area contributed by atoms with E-state index in [9.17, 15) is 4.79 Å². The molecule has 0 fully saturated rings. The minimum Gasteiger partial charge on any atom is -0.488 e. The fraction of sp³-hybridized carbons (Fsp3) is 0.500. The lowest BCUT2D eigenvalue weighted by atomic mass is 10.0. The number of carbonyl (C=O) groups excluding carboxylic acids is 1. The van der Waals surface area contributed by atoms with E-state index in [1.807, 2.05) is 70.2 Å². The second-order valence-electron chi connectivity index (χ2n) is 7.78. The summed E-state index contributed by atoms with van der Waals surface area (Å²) < 4.78 is 16.3. The molecule has 0 aliphatic heterocycles. The fourth-order valence-electron chi connectivity index (χ4n) is 2.75. The Balaban J connectivity index is 1.78. The number of aliphatic hydroxyl groups is 1. The average Bonchev–Trinajstić information content (AvgIpc) is 2.61. The van der Waals surface area contributed by atoms with Crippen LogP contribution in [-0.4, -0.2) is 36.2 Å². The van der Waals surface area contributed by atoms with Crippen molar-refractivity contribution < 1.29 is 24.1 Å². The van der Waals surface area contributed by atoms with Crippen molar-refractivity contribution >= 4 is 5.97 Å². The minimum absolute atomic E-state index is 0.112. The molecule has 2 atom stereocenters. The molecule has 0 saturated heterocycles. The van der Waals surface area contributed by atoms with E-state index in [0.29, 0.717) is 12.8 Å². The first kappa shape index (κ1) is 21.2. The van der Waals surface area contributed by atoms with Crippen LogP contribution in [0.4, 0.5) is 0 Å². The quantitative estimate of drug-likeness (QED) is 0.554. The van der Waals surface area contributed by atoms with Crippen molar-refractivity contribution in [2.24, 2.45) is 5.92 Å². The van der Waals surface area contributed by atoms with Crippen LogP contribution in [0, 0.1) is 5.92 Å². The van der Waals surface area contributed by atoms with Gasteiger partial charge < -0.3 is 19.3 Å². The maximum absolute atomic E-state index is 12.3. The SMILES string of the molecule is CC(Cc1ccc(OC(C)(C)C)cc1)C(=O)OCC1=CCC(OCO)C=C1. The van der Waals surface area contributed by atoms with Gasteiger partial charge in [0.05, 0.1) is 12.0 Å². The van der Waals surface area contributed by atoms with E-state index in [2.05, 4.69) is 0 Å². The van der Waals surface area contributed by atoms with Crippen LogP contribution in [0.15, 0.2) is 48.1 Å². The van der Waals surface area contributed by atoms with Crippen molar-refractivity contribution in [1.29, 1.82) is 0 Å². The molecule has 5 heteroatoms. The monoisotopic (exact) mass is 374 g/mol. The molecule has 2 unspecified atom stereocenters. The van der Waals surface area contributed by atoms with E-state index in [4.69, 9.17) is 19.3 Å². The topological polar surface area (TPSA) is 65.0 Å². The highest BCUT2D eigenvalue weighted by atomic mass is 16.6. The minimum atomic E-state index is -0.298. The highest BCUT2D eigenvalue weighted by Crippen LogP contribution is 2.20. The Kier molecular flexibility index (Phi) is 7.63. The number of carbonyl (C=O) groups is 1. The van der Waals surface area contributed by atoms with Crippen LogP contribution in [0.2, 0.25) is 0 Å². The second-order valence-corrected chi connectivity index (χ2v) is 7.78. The third kappa shape index (κ3) is 7.57. The van der Waals surface area contributed by atoms with Gasteiger partial charge in [0.25, 0.3) is 0 Å². The van der Waals surface area contributed by atoms with Crippen molar-refractivity contribution in [3.05, 3.63) is 53.6 Å². The molecule has 2 rings (SSSR count). The number of hydrogen-bond donors (Lipinski definition) is 1. The number of rotatable bonds is 8. The fourth-order valence-corrected chi connectivity index (χ4v) is 2.75. The molecule has 1 aliphatic rings. The Labute approximate surface area is 161 Å². The number of aliphatic hydroxyl groups excluding tert-OH is 1. The molecule has 148 valence electrons. The normalized spacial score (nSPS) is 18.0. The van der Waals surface area contributed by atoms with Gasteiger partial charge in [-0.2, -0.15) is 0 Å². The van der Waals surface area contributed by atoms with Gasteiger partial charge in [0.15, 0.2) is 0 Å². The average molecular weight is 374 g/mol.